The molecule has 24 heavy (non-hydrogen) atoms. The number of ether oxygens (including phenoxy) is 4. The number of carbonyl (C=O) groups is 1. The molecule has 1 aromatic rings. The van der Waals surface area contributed by atoms with Crippen molar-refractivity contribution < 1.29 is 23.7 Å². The summed E-state index contributed by atoms with van der Waals surface area (Å²) in [7, 11) is 0. The molecule has 1 N–H and O–H groups in total. The van der Waals surface area contributed by atoms with E-state index in [1.54, 1.807) is 6.07 Å². The van der Waals surface area contributed by atoms with Gasteiger partial charge in [-0.15, -0.1) is 0 Å². The molecule has 4 rings (SSSR count). The first-order valence-corrected chi connectivity index (χ1v) is 8.67. The lowest BCUT2D eigenvalue weighted by atomic mass is 9.84. The number of benzene rings is 1. The van der Waals surface area contributed by atoms with Crippen molar-refractivity contribution in [2.45, 2.75) is 37.3 Å². The van der Waals surface area contributed by atoms with Gasteiger partial charge >= 0.3 is 0 Å². The first-order chi connectivity index (χ1) is 11.8. The van der Waals surface area contributed by atoms with Gasteiger partial charge in [-0.25, -0.2) is 0 Å². The Kier molecular flexibility index (Phi) is 4.33. The number of rotatable bonds is 2. The third kappa shape index (κ3) is 3.08. The Balaban J connectivity index is 1.46. The monoisotopic (exact) mass is 333 g/mol. The summed E-state index contributed by atoms with van der Waals surface area (Å²) in [6.45, 7) is 3.13. The summed E-state index contributed by atoms with van der Waals surface area (Å²) in [6.07, 6.45) is 3.48. The van der Waals surface area contributed by atoms with Crippen LogP contribution in [0.3, 0.4) is 0 Å². The molecule has 2 saturated heterocycles. The van der Waals surface area contributed by atoms with Crippen LogP contribution in [0.5, 0.6) is 11.5 Å². The number of fused-ring (bicyclic) bond motifs is 1. The van der Waals surface area contributed by atoms with Crippen LogP contribution in [0.1, 0.15) is 36.0 Å². The van der Waals surface area contributed by atoms with Gasteiger partial charge in [0.15, 0.2) is 11.5 Å². The van der Waals surface area contributed by atoms with Gasteiger partial charge in [0.05, 0.1) is 11.2 Å². The Morgan fingerprint density at radius 3 is 2.79 bits per heavy atom. The summed E-state index contributed by atoms with van der Waals surface area (Å²) in [4.78, 5) is 12.7. The van der Waals surface area contributed by atoms with Crippen LogP contribution in [0.25, 0.3) is 0 Å². The molecule has 0 unspecified atom stereocenters. The molecule has 0 radical (unpaired) electrons. The minimum absolute atomic E-state index is 0.105. The average molecular weight is 333 g/mol. The highest BCUT2D eigenvalue weighted by molar-refractivity contribution is 5.98. The fraction of sp³-hybridized carbons (Fsp3) is 0.611. The molecule has 2 fully saturated rings. The molecular weight excluding hydrogens is 310 g/mol. The SMILES string of the molecule is O=C(N[C@H]1CCOC2(CCOCC2)C1)c1cccc2c1OCCO2. The molecular formula is C18H23NO5. The summed E-state index contributed by atoms with van der Waals surface area (Å²) >= 11 is 0. The van der Waals surface area contributed by atoms with E-state index in [2.05, 4.69) is 5.32 Å². The largest absolute Gasteiger partial charge is 0.486 e. The first-order valence-electron chi connectivity index (χ1n) is 8.67. The maximum atomic E-state index is 12.7. The smallest absolute Gasteiger partial charge is 0.255 e. The highest BCUT2D eigenvalue weighted by Gasteiger charge is 2.39. The van der Waals surface area contributed by atoms with Gasteiger partial charge in [-0.05, 0) is 37.8 Å². The number of amides is 1. The molecule has 0 bridgehead atoms. The molecule has 0 saturated carbocycles. The minimum Gasteiger partial charge on any atom is -0.486 e. The highest BCUT2D eigenvalue weighted by Crippen LogP contribution is 2.36. The van der Waals surface area contributed by atoms with Crippen LogP contribution in [-0.4, -0.2) is 50.6 Å². The third-order valence-corrected chi connectivity index (χ3v) is 5.04. The molecule has 0 aromatic heterocycles. The highest BCUT2D eigenvalue weighted by atomic mass is 16.6. The quantitative estimate of drug-likeness (QED) is 0.896. The van der Waals surface area contributed by atoms with Crippen molar-refractivity contribution in [3.8, 4) is 11.5 Å². The van der Waals surface area contributed by atoms with E-state index in [-0.39, 0.29) is 17.6 Å². The van der Waals surface area contributed by atoms with Gasteiger partial charge in [-0.3, -0.25) is 4.79 Å². The molecule has 130 valence electrons. The summed E-state index contributed by atoms with van der Waals surface area (Å²) in [6, 6.07) is 5.56. The molecule has 0 aliphatic carbocycles. The van der Waals surface area contributed by atoms with Crippen molar-refractivity contribution >= 4 is 5.91 Å². The van der Waals surface area contributed by atoms with Gasteiger partial charge in [0.2, 0.25) is 0 Å². The van der Waals surface area contributed by atoms with Crippen molar-refractivity contribution in [1.29, 1.82) is 0 Å². The molecule has 3 aliphatic rings. The maximum Gasteiger partial charge on any atom is 0.255 e. The molecule has 3 heterocycles. The Morgan fingerprint density at radius 1 is 1.08 bits per heavy atom. The predicted octanol–water partition coefficient (Wildman–Crippen LogP) is 1.92. The maximum absolute atomic E-state index is 12.7. The van der Waals surface area contributed by atoms with Crippen LogP contribution in [0.2, 0.25) is 0 Å². The summed E-state index contributed by atoms with van der Waals surface area (Å²) in [5, 5.41) is 3.16. The Morgan fingerprint density at radius 2 is 1.92 bits per heavy atom. The number of para-hydroxylation sites is 1. The summed E-state index contributed by atoms with van der Waals surface area (Å²) in [5.74, 6) is 1.09. The molecule has 1 aromatic carbocycles. The van der Waals surface area contributed by atoms with E-state index in [1.165, 1.54) is 0 Å². The van der Waals surface area contributed by atoms with Crippen LogP contribution in [0, 0.1) is 0 Å². The van der Waals surface area contributed by atoms with E-state index in [4.69, 9.17) is 18.9 Å². The summed E-state index contributed by atoms with van der Waals surface area (Å²) < 4.78 is 22.7. The van der Waals surface area contributed by atoms with E-state index >= 15 is 0 Å². The van der Waals surface area contributed by atoms with Crippen LogP contribution >= 0.6 is 0 Å². The van der Waals surface area contributed by atoms with Crippen molar-refractivity contribution in [1.82, 2.24) is 5.32 Å². The number of nitrogens with one attached hydrogen (secondary N) is 1. The molecule has 6 nitrogen and oxygen atoms in total. The lowest BCUT2D eigenvalue weighted by Crippen LogP contribution is -2.51. The van der Waals surface area contributed by atoms with E-state index in [0.29, 0.717) is 36.9 Å². The lowest BCUT2D eigenvalue weighted by Gasteiger charge is -2.43. The van der Waals surface area contributed by atoms with Crippen LogP contribution in [0.4, 0.5) is 0 Å². The van der Waals surface area contributed by atoms with E-state index in [1.807, 2.05) is 12.1 Å². The Labute approximate surface area is 141 Å². The zero-order valence-electron chi connectivity index (χ0n) is 13.7. The van der Waals surface area contributed by atoms with Crippen molar-refractivity contribution in [2.75, 3.05) is 33.0 Å². The van der Waals surface area contributed by atoms with Gasteiger partial charge in [0, 0.05) is 25.9 Å². The van der Waals surface area contributed by atoms with E-state index in [9.17, 15) is 4.79 Å². The Hall–Kier alpha value is -1.79. The molecule has 1 amide bonds. The van der Waals surface area contributed by atoms with E-state index in [0.717, 1.165) is 38.9 Å². The second-order valence-electron chi connectivity index (χ2n) is 6.64. The molecule has 3 aliphatic heterocycles. The van der Waals surface area contributed by atoms with Gasteiger partial charge in [-0.1, -0.05) is 6.07 Å². The predicted molar refractivity (Wildman–Crippen MR) is 86.7 cm³/mol. The lowest BCUT2D eigenvalue weighted by molar-refractivity contribution is -0.139. The zero-order valence-corrected chi connectivity index (χ0v) is 13.7. The second-order valence-corrected chi connectivity index (χ2v) is 6.64. The molecule has 1 spiro atoms. The molecule has 1 atom stereocenters. The van der Waals surface area contributed by atoms with E-state index < -0.39 is 0 Å². The fourth-order valence-electron chi connectivity index (χ4n) is 3.76. The zero-order chi connectivity index (χ0) is 16.4. The third-order valence-electron chi connectivity index (χ3n) is 5.04. The van der Waals surface area contributed by atoms with Crippen LogP contribution in [0.15, 0.2) is 18.2 Å². The van der Waals surface area contributed by atoms with Crippen molar-refractivity contribution in [3.63, 3.8) is 0 Å². The summed E-state index contributed by atoms with van der Waals surface area (Å²) in [5.41, 5.74) is 0.407. The van der Waals surface area contributed by atoms with Crippen molar-refractivity contribution in [2.24, 2.45) is 0 Å². The fourth-order valence-corrected chi connectivity index (χ4v) is 3.76. The van der Waals surface area contributed by atoms with Gasteiger partial charge < -0.3 is 24.3 Å². The standard InChI is InChI=1S/C18H23NO5/c20-17(14-2-1-3-15-16(14)23-11-10-22-15)19-13-4-7-24-18(12-13)5-8-21-9-6-18/h1-3,13H,4-12H2,(H,19,20)/t13-/m0/s1. The average Bonchev–Trinajstić information content (AvgIpc) is 2.62. The van der Waals surface area contributed by atoms with Crippen LogP contribution in [-0.2, 0) is 9.47 Å². The van der Waals surface area contributed by atoms with Gasteiger partial charge in [0.25, 0.3) is 5.91 Å². The first kappa shape index (κ1) is 15.7. The number of hydrogen-bond acceptors (Lipinski definition) is 5. The molecule has 6 heteroatoms. The van der Waals surface area contributed by atoms with Crippen molar-refractivity contribution in [3.05, 3.63) is 23.8 Å². The topological polar surface area (TPSA) is 66.0 Å². The van der Waals surface area contributed by atoms with Gasteiger partial charge in [-0.2, -0.15) is 0 Å². The second kappa shape index (κ2) is 6.61. The van der Waals surface area contributed by atoms with Gasteiger partial charge in [0.1, 0.15) is 13.2 Å². The number of carbonyl (C=O) groups excluding carboxylic acids is 1. The van der Waals surface area contributed by atoms with Crippen LogP contribution < -0.4 is 14.8 Å². The minimum atomic E-state index is -0.135. The number of hydrogen-bond donors (Lipinski definition) is 1. The Bertz CT molecular complexity index is 606. The normalized spacial score (nSPS) is 25.2.